The first-order valence-electron chi connectivity index (χ1n) is 10.9. The lowest BCUT2D eigenvalue weighted by molar-refractivity contribution is -0.138. The number of ether oxygens (including phenoxy) is 1. The third-order valence-electron chi connectivity index (χ3n) is 5.76. The summed E-state index contributed by atoms with van der Waals surface area (Å²) in [4.78, 5) is 28.8. The number of methoxy groups -OCH3 is 1. The minimum absolute atomic E-state index is 0.0459. The Morgan fingerprint density at radius 1 is 1.10 bits per heavy atom. The Kier molecular flexibility index (Phi) is 8.41. The fourth-order valence-corrected chi connectivity index (χ4v) is 4.55. The van der Waals surface area contributed by atoms with Gasteiger partial charge in [0.25, 0.3) is 0 Å². The first-order valence-corrected chi connectivity index (χ1v) is 11.9. The molecule has 3 rings (SSSR count). The Labute approximate surface area is 189 Å². The number of hydrogen-bond acceptors (Lipinski definition) is 4. The van der Waals surface area contributed by atoms with E-state index in [0.29, 0.717) is 12.3 Å². The van der Waals surface area contributed by atoms with Crippen molar-refractivity contribution in [2.24, 2.45) is 0 Å². The summed E-state index contributed by atoms with van der Waals surface area (Å²) in [6.45, 7) is 4.25. The number of carbonyl (C=O) groups is 2. The Morgan fingerprint density at radius 3 is 2.35 bits per heavy atom. The average Bonchev–Trinajstić information content (AvgIpc) is 3.30. The molecule has 0 saturated heterocycles. The van der Waals surface area contributed by atoms with Crippen LogP contribution in [-0.2, 0) is 16.1 Å². The van der Waals surface area contributed by atoms with E-state index < -0.39 is 6.04 Å². The summed E-state index contributed by atoms with van der Waals surface area (Å²) in [5.41, 5.74) is 2.16. The maximum absolute atomic E-state index is 13.2. The second-order valence-corrected chi connectivity index (χ2v) is 9.19. The van der Waals surface area contributed by atoms with E-state index >= 15 is 0 Å². The Morgan fingerprint density at radius 2 is 1.74 bits per heavy atom. The summed E-state index contributed by atoms with van der Waals surface area (Å²) in [6.07, 6.45) is 4.35. The highest BCUT2D eigenvalue weighted by Crippen LogP contribution is 2.22. The molecule has 1 aliphatic rings. The molecule has 1 N–H and O–H groups in total. The highest BCUT2D eigenvalue weighted by molar-refractivity contribution is 8.00. The lowest BCUT2D eigenvalue weighted by Crippen LogP contribution is -2.50. The molecular formula is C25H32N2O3S. The summed E-state index contributed by atoms with van der Waals surface area (Å²) in [6, 6.07) is 15.5. The number of nitrogens with zero attached hydrogens (tertiary/aromatic N) is 1. The first kappa shape index (κ1) is 23.2. The van der Waals surface area contributed by atoms with Gasteiger partial charge in [-0.25, -0.2) is 0 Å². The number of aryl methyl sites for hydroxylation is 1. The highest BCUT2D eigenvalue weighted by Gasteiger charge is 2.28. The van der Waals surface area contributed by atoms with E-state index in [-0.39, 0.29) is 17.9 Å². The van der Waals surface area contributed by atoms with Crippen LogP contribution in [0.5, 0.6) is 5.75 Å². The topological polar surface area (TPSA) is 58.6 Å². The Hall–Kier alpha value is -2.47. The number of rotatable bonds is 9. The van der Waals surface area contributed by atoms with Gasteiger partial charge in [-0.1, -0.05) is 42.7 Å². The van der Waals surface area contributed by atoms with E-state index in [2.05, 4.69) is 5.32 Å². The number of amides is 2. The van der Waals surface area contributed by atoms with Crippen LogP contribution in [0.15, 0.2) is 53.4 Å². The van der Waals surface area contributed by atoms with Crippen molar-refractivity contribution >= 4 is 23.6 Å². The van der Waals surface area contributed by atoms with Crippen LogP contribution in [0.25, 0.3) is 0 Å². The second kappa shape index (κ2) is 11.2. The third kappa shape index (κ3) is 6.76. The molecule has 5 nitrogen and oxygen atoms in total. The van der Waals surface area contributed by atoms with Gasteiger partial charge in [0.2, 0.25) is 11.8 Å². The van der Waals surface area contributed by atoms with Gasteiger partial charge in [0.15, 0.2) is 0 Å². The van der Waals surface area contributed by atoms with Crippen molar-refractivity contribution in [3.8, 4) is 5.75 Å². The predicted molar refractivity (Wildman–Crippen MR) is 125 cm³/mol. The quantitative estimate of drug-likeness (QED) is 0.580. The second-order valence-electron chi connectivity index (χ2n) is 8.14. The Balaban J connectivity index is 1.70. The number of benzene rings is 2. The maximum Gasteiger partial charge on any atom is 0.242 e. The zero-order valence-corrected chi connectivity index (χ0v) is 19.4. The van der Waals surface area contributed by atoms with Crippen molar-refractivity contribution in [1.82, 2.24) is 10.2 Å². The van der Waals surface area contributed by atoms with E-state index in [1.807, 2.05) is 62.4 Å². The van der Waals surface area contributed by atoms with Gasteiger partial charge in [0.05, 0.1) is 12.9 Å². The number of nitrogens with one attached hydrogen (secondary N) is 1. The molecule has 1 atom stereocenters. The summed E-state index contributed by atoms with van der Waals surface area (Å²) in [5.74, 6) is 0.938. The van der Waals surface area contributed by atoms with Crippen LogP contribution in [-0.4, -0.2) is 41.7 Å². The molecule has 0 unspecified atom stereocenters. The van der Waals surface area contributed by atoms with Gasteiger partial charge < -0.3 is 15.0 Å². The number of carbonyl (C=O) groups excluding carboxylic acids is 2. The van der Waals surface area contributed by atoms with Crippen molar-refractivity contribution in [2.45, 2.75) is 63.1 Å². The molecular weight excluding hydrogens is 408 g/mol. The summed E-state index contributed by atoms with van der Waals surface area (Å²) in [5, 5.41) is 3.14. The van der Waals surface area contributed by atoms with Crippen LogP contribution in [0.2, 0.25) is 0 Å². The normalized spacial score (nSPS) is 14.8. The minimum atomic E-state index is -0.534. The fourth-order valence-electron chi connectivity index (χ4n) is 3.76. The van der Waals surface area contributed by atoms with Crippen LogP contribution in [0, 0.1) is 6.92 Å². The van der Waals surface area contributed by atoms with Crippen molar-refractivity contribution in [1.29, 1.82) is 0 Å². The molecule has 0 aromatic heterocycles. The maximum atomic E-state index is 13.2. The Bertz CT molecular complexity index is 861. The van der Waals surface area contributed by atoms with E-state index in [4.69, 9.17) is 4.74 Å². The molecule has 31 heavy (non-hydrogen) atoms. The lowest BCUT2D eigenvalue weighted by Gasteiger charge is -2.29. The first-order chi connectivity index (χ1) is 15.0. The minimum Gasteiger partial charge on any atom is -0.497 e. The van der Waals surface area contributed by atoms with Gasteiger partial charge in [-0.15, -0.1) is 11.8 Å². The molecule has 1 saturated carbocycles. The summed E-state index contributed by atoms with van der Waals surface area (Å²) in [7, 11) is 1.63. The fraction of sp³-hybridized carbons (Fsp3) is 0.440. The largest absolute Gasteiger partial charge is 0.497 e. The standard InChI is InChI=1S/C25H32N2O3S/c1-18-8-14-23(15-9-18)31-17-24(28)27(16-20-10-12-22(30-3)13-11-20)19(2)25(29)26-21-6-4-5-7-21/h8-15,19,21H,4-7,16-17H2,1-3H3,(H,26,29)/t19-/m1/s1. The molecule has 2 aromatic carbocycles. The van der Waals surface area contributed by atoms with E-state index in [9.17, 15) is 9.59 Å². The van der Waals surface area contributed by atoms with Gasteiger partial charge in [-0.05, 0) is 56.5 Å². The van der Waals surface area contributed by atoms with Crippen LogP contribution < -0.4 is 10.1 Å². The molecule has 0 radical (unpaired) electrons. The summed E-state index contributed by atoms with van der Waals surface area (Å²) < 4.78 is 5.23. The van der Waals surface area contributed by atoms with Crippen molar-refractivity contribution < 1.29 is 14.3 Å². The van der Waals surface area contributed by atoms with Crippen molar-refractivity contribution in [2.75, 3.05) is 12.9 Å². The highest BCUT2D eigenvalue weighted by atomic mass is 32.2. The van der Waals surface area contributed by atoms with E-state index in [1.165, 1.54) is 17.3 Å². The third-order valence-corrected chi connectivity index (χ3v) is 6.76. The number of thioether (sulfide) groups is 1. The zero-order valence-electron chi connectivity index (χ0n) is 18.6. The molecule has 2 amide bonds. The lowest BCUT2D eigenvalue weighted by atomic mass is 10.1. The van der Waals surface area contributed by atoms with E-state index in [0.717, 1.165) is 41.9 Å². The molecule has 0 spiro atoms. The van der Waals surface area contributed by atoms with Gasteiger partial charge in [0.1, 0.15) is 11.8 Å². The number of hydrogen-bond donors (Lipinski definition) is 1. The van der Waals surface area contributed by atoms with E-state index in [1.54, 1.807) is 12.0 Å². The average molecular weight is 441 g/mol. The molecule has 0 bridgehead atoms. The van der Waals surface area contributed by atoms with Gasteiger partial charge in [-0.3, -0.25) is 9.59 Å². The molecule has 2 aromatic rings. The van der Waals surface area contributed by atoms with Gasteiger partial charge in [-0.2, -0.15) is 0 Å². The van der Waals surface area contributed by atoms with Gasteiger partial charge in [0, 0.05) is 17.5 Å². The molecule has 1 fully saturated rings. The van der Waals surface area contributed by atoms with Crippen LogP contribution >= 0.6 is 11.8 Å². The van der Waals surface area contributed by atoms with Crippen LogP contribution in [0.1, 0.15) is 43.7 Å². The monoisotopic (exact) mass is 440 g/mol. The SMILES string of the molecule is COc1ccc(CN(C(=O)CSc2ccc(C)cc2)[C@H](C)C(=O)NC2CCCC2)cc1. The zero-order chi connectivity index (χ0) is 22.2. The predicted octanol–water partition coefficient (Wildman–Crippen LogP) is 4.57. The summed E-state index contributed by atoms with van der Waals surface area (Å²) >= 11 is 1.50. The van der Waals surface area contributed by atoms with Crippen LogP contribution in [0.4, 0.5) is 0 Å². The molecule has 0 aliphatic heterocycles. The van der Waals surface area contributed by atoms with Crippen LogP contribution in [0.3, 0.4) is 0 Å². The molecule has 1 aliphatic carbocycles. The van der Waals surface area contributed by atoms with Crippen molar-refractivity contribution in [3.05, 3.63) is 59.7 Å². The molecule has 0 heterocycles. The molecule has 166 valence electrons. The van der Waals surface area contributed by atoms with Gasteiger partial charge >= 0.3 is 0 Å². The smallest absolute Gasteiger partial charge is 0.242 e. The van der Waals surface area contributed by atoms with Crippen molar-refractivity contribution in [3.63, 3.8) is 0 Å². The molecule has 6 heteroatoms.